The zero-order chi connectivity index (χ0) is 14.8. The number of ether oxygens (including phenoxy) is 1. The van der Waals surface area contributed by atoms with Gasteiger partial charge >= 0.3 is 0 Å². The summed E-state index contributed by atoms with van der Waals surface area (Å²) in [6.45, 7) is 0. The number of aromatic hydroxyl groups is 1. The monoisotopic (exact) mass is 285 g/mol. The number of hydrogen-bond donors (Lipinski definition) is 2. The molecule has 3 rings (SSSR count). The summed E-state index contributed by atoms with van der Waals surface area (Å²) in [6, 6.07) is 10.9. The first kappa shape index (κ1) is 13.1. The highest BCUT2D eigenvalue weighted by Gasteiger charge is 2.11. The number of azo groups is 1. The predicted molar refractivity (Wildman–Crippen MR) is 77.1 cm³/mol. The predicted octanol–water partition coefficient (Wildman–Crippen LogP) is 4.44. The molecule has 0 aliphatic rings. The third-order valence-electron chi connectivity index (χ3n) is 3.05. The van der Waals surface area contributed by atoms with E-state index in [0.29, 0.717) is 22.6 Å². The minimum Gasteiger partial charge on any atom is -0.497 e. The molecule has 6 heteroatoms. The van der Waals surface area contributed by atoms with Crippen molar-refractivity contribution >= 4 is 22.3 Å². The number of rotatable bonds is 3. The number of nitrogens with zero attached hydrogens (tertiary/aromatic N) is 2. The highest BCUT2D eigenvalue weighted by Crippen LogP contribution is 2.37. The fourth-order valence-corrected chi connectivity index (χ4v) is 1.99. The van der Waals surface area contributed by atoms with E-state index in [1.165, 1.54) is 24.3 Å². The molecule has 0 saturated carbocycles. The lowest BCUT2D eigenvalue weighted by molar-refractivity contribution is 0.415. The van der Waals surface area contributed by atoms with E-state index in [1.54, 1.807) is 25.3 Å². The molecule has 2 aromatic carbocycles. The second-order valence-electron chi connectivity index (χ2n) is 4.41. The number of hydrogen-bond acceptors (Lipinski definition) is 4. The molecule has 5 nitrogen and oxygen atoms in total. The van der Waals surface area contributed by atoms with E-state index < -0.39 is 0 Å². The van der Waals surface area contributed by atoms with Crippen LogP contribution in [0, 0.1) is 5.82 Å². The van der Waals surface area contributed by atoms with E-state index in [1.807, 2.05) is 0 Å². The molecule has 0 radical (unpaired) electrons. The van der Waals surface area contributed by atoms with Crippen LogP contribution in [0.4, 0.5) is 15.8 Å². The van der Waals surface area contributed by atoms with Crippen LogP contribution >= 0.6 is 0 Å². The molecule has 0 fully saturated rings. The maximum absolute atomic E-state index is 12.8. The van der Waals surface area contributed by atoms with Gasteiger partial charge in [-0.2, -0.15) is 5.11 Å². The quantitative estimate of drug-likeness (QED) is 0.698. The number of nitrogens with one attached hydrogen (secondary N) is 1. The van der Waals surface area contributed by atoms with Crippen molar-refractivity contribution in [3.8, 4) is 11.6 Å². The fraction of sp³-hybridized carbons (Fsp3) is 0.0667. The Kier molecular flexibility index (Phi) is 3.27. The van der Waals surface area contributed by atoms with Crippen LogP contribution in [0.2, 0.25) is 0 Å². The first-order valence-electron chi connectivity index (χ1n) is 6.23. The Hall–Kier alpha value is -2.89. The highest BCUT2D eigenvalue weighted by atomic mass is 19.1. The van der Waals surface area contributed by atoms with Crippen molar-refractivity contribution in [1.82, 2.24) is 4.98 Å². The first-order chi connectivity index (χ1) is 10.2. The molecule has 3 aromatic rings. The molecule has 0 aliphatic heterocycles. The number of benzene rings is 2. The number of H-pyrrole nitrogens is 1. The van der Waals surface area contributed by atoms with Crippen molar-refractivity contribution in [2.24, 2.45) is 10.2 Å². The summed E-state index contributed by atoms with van der Waals surface area (Å²) in [5.74, 6) is 0.255. The van der Waals surface area contributed by atoms with Gasteiger partial charge in [-0.15, -0.1) is 5.11 Å². The van der Waals surface area contributed by atoms with Crippen molar-refractivity contribution in [2.45, 2.75) is 0 Å². The Bertz CT molecular complexity index is 810. The molecule has 1 heterocycles. The zero-order valence-electron chi connectivity index (χ0n) is 11.2. The van der Waals surface area contributed by atoms with Gasteiger partial charge in [0.2, 0.25) is 5.88 Å². The first-order valence-corrected chi connectivity index (χ1v) is 6.23. The van der Waals surface area contributed by atoms with Gasteiger partial charge in [0, 0.05) is 11.5 Å². The smallest absolute Gasteiger partial charge is 0.218 e. The number of fused-ring (bicyclic) bond motifs is 1. The van der Waals surface area contributed by atoms with Crippen molar-refractivity contribution < 1.29 is 14.2 Å². The van der Waals surface area contributed by atoms with Gasteiger partial charge in [0.25, 0.3) is 0 Å². The van der Waals surface area contributed by atoms with E-state index in [2.05, 4.69) is 15.2 Å². The largest absolute Gasteiger partial charge is 0.497 e. The van der Waals surface area contributed by atoms with Gasteiger partial charge in [0.1, 0.15) is 11.6 Å². The van der Waals surface area contributed by atoms with Crippen molar-refractivity contribution in [3.63, 3.8) is 0 Å². The minimum absolute atomic E-state index is 0.0795. The fourth-order valence-electron chi connectivity index (χ4n) is 1.99. The topological polar surface area (TPSA) is 70.0 Å². The van der Waals surface area contributed by atoms with Crippen LogP contribution < -0.4 is 4.74 Å². The Labute approximate surface area is 119 Å². The van der Waals surface area contributed by atoms with Gasteiger partial charge in [0.05, 0.1) is 18.3 Å². The molecule has 106 valence electrons. The van der Waals surface area contributed by atoms with Crippen molar-refractivity contribution in [3.05, 3.63) is 48.3 Å². The molecule has 0 atom stereocenters. The third-order valence-corrected chi connectivity index (χ3v) is 3.05. The lowest BCUT2D eigenvalue weighted by atomic mass is 10.2. The minimum atomic E-state index is -0.337. The highest BCUT2D eigenvalue weighted by molar-refractivity contribution is 5.94. The van der Waals surface area contributed by atoms with Gasteiger partial charge in [-0.05, 0) is 36.4 Å². The molecule has 0 saturated heterocycles. The lowest BCUT2D eigenvalue weighted by Gasteiger charge is -1.98. The van der Waals surface area contributed by atoms with E-state index in [0.717, 1.165) is 5.39 Å². The van der Waals surface area contributed by atoms with E-state index in [-0.39, 0.29) is 11.7 Å². The van der Waals surface area contributed by atoms with Crippen LogP contribution in [0.3, 0.4) is 0 Å². The van der Waals surface area contributed by atoms with Crippen LogP contribution in [0.5, 0.6) is 11.6 Å². The van der Waals surface area contributed by atoms with Crippen molar-refractivity contribution in [2.75, 3.05) is 7.11 Å². The Morgan fingerprint density at radius 1 is 1.10 bits per heavy atom. The van der Waals surface area contributed by atoms with Gasteiger partial charge in [-0.25, -0.2) is 4.39 Å². The average molecular weight is 285 g/mol. The summed E-state index contributed by atoms with van der Waals surface area (Å²) in [5.41, 5.74) is 1.52. The summed E-state index contributed by atoms with van der Waals surface area (Å²) >= 11 is 0. The SMILES string of the molecule is COc1ccc2c(N=Nc3ccc(F)cc3)c(O)[nH]c2c1. The summed E-state index contributed by atoms with van der Waals surface area (Å²) < 4.78 is 17.9. The van der Waals surface area contributed by atoms with E-state index in [4.69, 9.17) is 4.74 Å². The second kappa shape index (κ2) is 5.24. The summed E-state index contributed by atoms with van der Waals surface area (Å²) in [4.78, 5) is 2.81. The van der Waals surface area contributed by atoms with Crippen LogP contribution in [0.1, 0.15) is 0 Å². The molecule has 2 N–H and O–H groups in total. The van der Waals surface area contributed by atoms with Crippen LogP contribution in [0.25, 0.3) is 10.9 Å². The summed E-state index contributed by atoms with van der Waals surface area (Å²) in [7, 11) is 1.57. The number of methoxy groups -OCH3 is 1. The normalized spacial score (nSPS) is 11.3. The molecule has 0 spiro atoms. The maximum Gasteiger partial charge on any atom is 0.218 e. The Balaban J connectivity index is 2.00. The molecule has 0 aliphatic carbocycles. The van der Waals surface area contributed by atoms with Gasteiger partial charge in [-0.3, -0.25) is 0 Å². The second-order valence-corrected chi connectivity index (χ2v) is 4.41. The molecule has 1 aromatic heterocycles. The number of aromatic nitrogens is 1. The maximum atomic E-state index is 12.8. The third kappa shape index (κ3) is 2.55. The van der Waals surface area contributed by atoms with Gasteiger partial charge in [-0.1, -0.05) is 0 Å². The summed E-state index contributed by atoms with van der Waals surface area (Å²) in [5, 5.41) is 18.7. The summed E-state index contributed by atoms with van der Waals surface area (Å²) in [6.07, 6.45) is 0. The molecule has 21 heavy (non-hydrogen) atoms. The van der Waals surface area contributed by atoms with Crippen LogP contribution in [0.15, 0.2) is 52.7 Å². The van der Waals surface area contributed by atoms with Crippen LogP contribution in [-0.4, -0.2) is 17.2 Å². The number of halogens is 1. The standard InChI is InChI=1S/C15H12FN3O2/c1-21-11-6-7-12-13(8-11)17-15(20)14(12)19-18-10-4-2-9(16)3-5-10/h2-8,17,20H,1H3. The molecule has 0 amide bonds. The molecule has 0 bridgehead atoms. The Morgan fingerprint density at radius 3 is 2.57 bits per heavy atom. The number of aromatic amines is 1. The van der Waals surface area contributed by atoms with E-state index in [9.17, 15) is 9.50 Å². The van der Waals surface area contributed by atoms with Gasteiger partial charge in [0.15, 0.2) is 5.69 Å². The van der Waals surface area contributed by atoms with E-state index >= 15 is 0 Å². The lowest BCUT2D eigenvalue weighted by Crippen LogP contribution is -1.80. The Morgan fingerprint density at radius 2 is 1.86 bits per heavy atom. The molecule has 0 unspecified atom stereocenters. The van der Waals surface area contributed by atoms with Gasteiger partial charge < -0.3 is 14.8 Å². The zero-order valence-corrected chi connectivity index (χ0v) is 11.2. The molecular weight excluding hydrogens is 273 g/mol. The van der Waals surface area contributed by atoms with Crippen LogP contribution in [-0.2, 0) is 0 Å². The average Bonchev–Trinajstić information content (AvgIpc) is 2.81. The van der Waals surface area contributed by atoms with Crippen molar-refractivity contribution in [1.29, 1.82) is 0 Å². The molecular formula is C15H12FN3O2.